The molecule has 1 unspecified atom stereocenters. The Balaban J connectivity index is 4.08. The Bertz CT molecular complexity index is 172. The molecule has 15 heavy (non-hydrogen) atoms. The van der Waals surface area contributed by atoms with E-state index in [4.69, 9.17) is 4.43 Å². The van der Waals surface area contributed by atoms with Crippen molar-refractivity contribution in [1.82, 2.24) is 0 Å². The van der Waals surface area contributed by atoms with Gasteiger partial charge in [0.1, 0.15) is 0 Å². The van der Waals surface area contributed by atoms with Crippen molar-refractivity contribution in [3.05, 3.63) is 0 Å². The van der Waals surface area contributed by atoms with Gasteiger partial charge < -0.3 is 4.43 Å². The molecule has 1 atom stereocenters. The summed E-state index contributed by atoms with van der Waals surface area (Å²) in [5.74, 6) is 0.818. The highest BCUT2D eigenvalue weighted by Crippen LogP contribution is 2.27. The summed E-state index contributed by atoms with van der Waals surface area (Å²) in [6, 6.07) is 0. The maximum Gasteiger partial charge on any atom is 0.184 e. The normalized spacial score (nSPS) is 16.8. The molecule has 0 aromatic rings. The van der Waals surface area contributed by atoms with Gasteiger partial charge in [-0.25, -0.2) is 0 Å². The van der Waals surface area contributed by atoms with Gasteiger partial charge in [-0.2, -0.15) is 0 Å². The Morgan fingerprint density at radius 2 is 1.73 bits per heavy atom. The summed E-state index contributed by atoms with van der Waals surface area (Å²) in [7, 11) is -1.39. The standard InChI is InChI=1S/C13H30OSi/c1-8-13(4,14-15(5,6)7)11-9-10-12(2)3/h12H,8-11H2,1-7H3. The lowest BCUT2D eigenvalue weighted by Crippen LogP contribution is -2.40. The second-order valence-corrected chi connectivity index (χ2v) is 10.7. The van der Waals surface area contributed by atoms with Crippen LogP contribution in [0.5, 0.6) is 0 Å². The largest absolute Gasteiger partial charge is 0.412 e. The van der Waals surface area contributed by atoms with Crippen LogP contribution in [-0.4, -0.2) is 13.9 Å². The van der Waals surface area contributed by atoms with Crippen LogP contribution in [0.1, 0.15) is 53.4 Å². The Morgan fingerprint density at radius 3 is 2.07 bits per heavy atom. The molecule has 0 heterocycles. The molecule has 0 aliphatic heterocycles. The summed E-state index contributed by atoms with van der Waals surface area (Å²) < 4.78 is 6.30. The predicted octanol–water partition coefficient (Wildman–Crippen LogP) is 4.83. The average Bonchev–Trinajstić information content (AvgIpc) is 2.00. The fourth-order valence-electron chi connectivity index (χ4n) is 1.92. The van der Waals surface area contributed by atoms with Crippen LogP contribution in [0.25, 0.3) is 0 Å². The van der Waals surface area contributed by atoms with E-state index in [0.29, 0.717) is 0 Å². The van der Waals surface area contributed by atoms with Crippen molar-refractivity contribution >= 4 is 8.32 Å². The molecule has 0 saturated carbocycles. The molecule has 0 bridgehead atoms. The van der Waals surface area contributed by atoms with Crippen LogP contribution in [0.2, 0.25) is 19.6 Å². The Labute approximate surface area is 97.7 Å². The second-order valence-electron chi connectivity index (χ2n) is 6.30. The summed E-state index contributed by atoms with van der Waals surface area (Å²) in [6.07, 6.45) is 4.97. The molecule has 2 heteroatoms. The summed E-state index contributed by atoms with van der Waals surface area (Å²) in [6.45, 7) is 16.0. The third-order valence-corrected chi connectivity index (χ3v) is 3.89. The van der Waals surface area contributed by atoms with E-state index in [1.54, 1.807) is 0 Å². The first-order valence-electron chi connectivity index (χ1n) is 6.39. The van der Waals surface area contributed by atoms with E-state index in [1.165, 1.54) is 19.3 Å². The van der Waals surface area contributed by atoms with Crippen molar-refractivity contribution in [3.63, 3.8) is 0 Å². The van der Waals surface area contributed by atoms with Gasteiger partial charge in [0, 0.05) is 0 Å². The van der Waals surface area contributed by atoms with Crippen LogP contribution in [-0.2, 0) is 4.43 Å². The summed E-state index contributed by atoms with van der Waals surface area (Å²) in [5.41, 5.74) is 0.124. The molecule has 0 radical (unpaired) electrons. The minimum atomic E-state index is -1.39. The number of hydrogen-bond acceptors (Lipinski definition) is 1. The molecule has 0 N–H and O–H groups in total. The zero-order valence-electron chi connectivity index (χ0n) is 11.8. The van der Waals surface area contributed by atoms with Crippen LogP contribution in [0.4, 0.5) is 0 Å². The van der Waals surface area contributed by atoms with Gasteiger partial charge in [0.15, 0.2) is 8.32 Å². The summed E-state index contributed by atoms with van der Waals surface area (Å²) >= 11 is 0. The third kappa shape index (κ3) is 8.03. The first-order chi connectivity index (χ1) is 6.68. The van der Waals surface area contributed by atoms with Crippen LogP contribution < -0.4 is 0 Å². The Kier molecular flexibility index (Phi) is 6.12. The number of hydrogen-bond donors (Lipinski definition) is 0. The number of rotatable bonds is 7. The Hall–Kier alpha value is 0.177. The fraction of sp³-hybridized carbons (Fsp3) is 1.00. The quantitative estimate of drug-likeness (QED) is 0.569. The zero-order chi connectivity index (χ0) is 12.1. The molecule has 0 aliphatic carbocycles. The molecule has 1 nitrogen and oxygen atoms in total. The van der Waals surface area contributed by atoms with Crippen LogP contribution in [0, 0.1) is 5.92 Å². The zero-order valence-corrected chi connectivity index (χ0v) is 12.8. The molecule has 0 rings (SSSR count). The smallest absolute Gasteiger partial charge is 0.184 e. The first kappa shape index (κ1) is 15.2. The summed E-state index contributed by atoms with van der Waals surface area (Å²) in [5, 5.41) is 0. The van der Waals surface area contributed by atoms with E-state index in [-0.39, 0.29) is 5.60 Å². The first-order valence-corrected chi connectivity index (χ1v) is 9.79. The van der Waals surface area contributed by atoms with E-state index in [2.05, 4.69) is 47.3 Å². The van der Waals surface area contributed by atoms with E-state index < -0.39 is 8.32 Å². The van der Waals surface area contributed by atoms with E-state index >= 15 is 0 Å². The van der Waals surface area contributed by atoms with Gasteiger partial charge in [0.2, 0.25) is 0 Å². The molecule has 92 valence electrons. The second kappa shape index (κ2) is 6.05. The van der Waals surface area contributed by atoms with Crippen molar-refractivity contribution in [2.75, 3.05) is 0 Å². The van der Waals surface area contributed by atoms with Gasteiger partial charge in [-0.15, -0.1) is 0 Å². The molecule has 0 saturated heterocycles. The van der Waals surface area contributed by atoms with Crippen LogP contribution in [0.15, 0.2) is 0 Å². The molecule has 0 fully saturated rings. The average molecular weight is 230 g/mol. The molecule has 0 spiro atoms. The molecule has 0 aliphatic rings. The van der Waals surface area contributed by atoms with E-state index in [9.17, 15) is 0 Å². The summed E-state index contributed by atoms with van der Waals surface area (Å²) in [4.78, 5) is 0. The van der Waals surface area contributed by atoms with Gasteiger partial charge >= 0.3 is 0 Å². The van der Waals surface area contributed by atoms with Crippen molar-refractivity contribution in [2.45, 2.75) is 78.6 Å². The molecule has 0 amide bonds. The highest BCUT2D eigenvalue weighted by Gasteiger charge is 2.29. The minimum absolute atomic E-state index is 0.124. The lowest BCUT2D eigenvalue weighted by atomic mass is 9.94. The SMILES string of the molecule is CCC(C)(CCCC(C)C)O[Si](C)(C)C. The highest BCUT2D eigenvalue weighted by molar-refractivity contribution is 6.69. The topological polar surface area (TPSA) is 9.23 Å². The fourth-order valence-corrected chi connectivity index (χ4v) is 3.65. The maximum atomic E-state index is 6.30. The van der Waals surface area contributed by atoms with Gasteiger partial charge in [-0.1, -0.05) is 33.6 Å². The predicted molar refractivity (Wildman–Crippen MR) is 71.8 cm³/mol. The van der Waals surface area contributed by atoms with Crippen LogP contribution >= 0.6 is 0 Å². The monoisotopic (exact) mass is 230 g/mol. The van der Waals surface area contributed by atoms with Crippen LogP contribution in [0.3, 0.4) is 0 Å². The van der Waals surface area contributed by atoms with E-state index in [0.717, 1.165) is 12.3 Å². The van der Waals surface area contributed by atoms with Gasteiger partial charge in [-0.05, 0) is 45.3 Å². The third-order valence-electron chi connectivity index (χ3n) is 2.79. The lowest BCUT2D eigenvalue weighted by molar-refractivity contribution is 0.0631. The minimum Gasteiger partial charge on any atom is -0.412 e. The van der Waals surface area contributed by atoms with E-state index in [1.807, 2.05) is 0 Å². The van der Waals surface area contributed by atoms with Gasteiger partial charge in [-0.3, -0.25) is 0 Å². The van der Waals surface area contributed by atoms with Crippen molar-refractivity contribution < 1.29 is 4.43 Å². The molecular formula is C13H30OSi. The van der Waals surface area contributed by atoms with Crippen molar-refractivity contribution in [3.8, 4) is 0 Å². The molecule has 0 aromatic heterocycles. The van der Waals surface area contributed by atoms with Crippen molar-refractivity contribution in [1.29, 1.82) is 0 Å². The van der Waals surface area contributed by atoms with Gasteiger partial charge in [0.05, 0.1) is 5.60 Å². The highest BCUT2D eigenvalue weighted by atomic mass is 28.4. The molecular weight excluding hydrogens is 200 g/mol. The van der Waals surface area contributed by atoms with Gasteiger partial charge in [0.25, 0.3) is 0 Å². The van der Waals surface area contributed by atoms with Crippen molar-refractivity contribution in [2.24, 2.45) is 5.92 Å². The molecule has 0 aromatic carbocycles. The lowest BCUT2D eigenvalue weighted by Gasteiger charge is -2.36. The Morgan fingerprint density at radius 1 is 1.20 bits per heavy atom. The maximum absolute atomic E-state index is 6.30.